The Morgan fingerprint density at radius 1 is 1.47 bits per heavy atom. The topological polar surface area (TPSA) is 25.2 Å². The van der Waals surface area contributed by atoms with Gasteiger partial charge in [0.1, 0.15) is 0 Å². The second-order valence-corrected chi connectivity index (χ2v) is 5.01. The van der Waals surface area contributed by atoms with E-state index >= 15 is 0 Å². The molecule has 0 aromatic carbocycles. The van der Waals surface area contributed by atoms with Crippen LogP contribution in [0.4, 0.5) is 0 Å². The Morgan fingerprint density at radius 2 is 2.29 bits per heavy atom. The summed E-state index contributed by atoms with van der Waals surface area (Å²) in [5.74, 6) is 0.162. The Kier molecular flexibility index (Phi) is 3.76. The highest BCUT2D eigenvalue weighted by atomic mass is 32.1. The van der Waals surface area contributed by atoms with E-state index in [9.17, 15) is 4.79 Å². The zero-order valence-electron chi connectivity index (χ0n) is 10.1. The molecular weight excluding hydrogens is 232 g/mol. The van der Waals surface area contributed by atoms with E-state index in [4.69, 9.17) is 0 Å². The van der Waals surface area contributed by atoms with E-state index in [1.165, 1.54) is 5.56 Å². The maximum Gasteiger partial charge on any atom is 0.193 e. The zero-order chi connectivity index (χ0) is 12.3. The van der Waals surface area contributed by atoms with Crippen molar-refractivity contribution in [2.75, 3.05) is 13.6 Å². The van der Waals surface area contributed by atoms with Gasteiger partial charge >= 0.3 is 0 Å². The zero-order valence-corrected chi connectivity index (χ0v) is 10.9. The molecule has 0 bridgehead atoms. The Bertz CT molecular complexity index is 487. The molecule has 0 radical (unpaired) electrons. The van der Waals surface area contributed by atoms with Gasteiger partial charge in [-0.15, -0.1) is 0 Å². The number of thiophene rings is 1. The Hall–Kier alpha value is -1.39. The van der Waals surface area contributed by atoms with E-state index < -0.39 is 0 Å². The molecule has 0 N–H and O–H groups in total. The smallest absolute Gasteiger partial charge is 0.193 e. The summed E-state index contributed by atoms with van der Waals surface area (Å²) in [5.41, 5.74) is 2.03. The predicted molar refractivity (Wildman–Crippen MR) is 70.4 cm³/mol. The van der Waals surface area contributed by atoms with Crippen LogP contribution in [0.3, 0.4) is 0 Å². The predicted octanol–water partition coefficient (Wildman–Crippen LogP) is 2.40. The van der Waals surface area contributed by atoms with Crippen LogP contribution in [0.5, 0.6) is 0 Å². The minimum absolute atomic E-state index is 0.162. The average molecular weight is 248 g/mol. The van der Waals surface area contributed by atoms with Crippen molar-refractivity contribution in [2.45, 2.75) is 6.54 Å². The summed E-state index contributed by atoms with van der Waals surface area (Å²) in [4.78, 5) is 14.0. The van der Waals surface area contributed by atoms with Crippen LogP contribution in [-0.4, -0.2) is 28.8 Å². The van der Waals surface area contributed by atoms with Gasteiger partial charge < -0.3 is 4.57 Å². The van der Waals surface area contributed by atoms with Crippen LogP contribution in [0.2, 0.25) is 0 Å². The number of carbonyl (C=O) groups excluding carboxylic acids is 1. The largest absolute Gasteiger partial charge is 0.348 e. The number of Topliss-reactive ketones (excluding diaryl/α,β-unsaturated/α-hetero) is 1. The van der Waals surface area contributed by atoms with Gasteiger partial charge in [-0.25, -0.2) is 0 Å². The lowest BCUT2D eigenvalue weighted by Crippen LogP contribution is -2.26. The lowest BCUT2D eigenvalue weighted by molar-refractivity contribution is 0.0935. The molecule has 3 nitrogen and oxygen atoms in total. The number of aromatic nitrogens is 1. The molecule has 0 spiro atoms. The molecule has 0 fully saturated rings. The fourth-order valence-corrected chi connectivity index (χ4v) is 2.49. The van der Waals surface area contributed by atoms with Gasteiger partial charge in [0.05, 0.1) is 12.2 Å². The summed E-state index contributed by atoms with van der Waals surface area (Å²) < 4.78 is 1.86. The molecule has 0 saturated carbocycles. The van der Waals surface area contributed by atoms with Crippen LogP contribution in [0.25, 0.3) is 0 Å². The van der Waals surface area contributed by atoms with Gasteiger partial charge in [0.2, 0.25) is 0 Å². The molecule has 4 heteroatoms. The van der Waals surface area contributed by atoms with Crippen molar-refractivity contribution in [2.24, 2.45) is 7.05 Å². The highest BCUT2D eigenvalue weighted by Crippen LogP contribution is 2.09. The quantitative estimate of drug-likeness (QED) is 0.759. The number of nitrogens with zero attached hydrogens (tertiary/aromatic N) is 2. The first-order valence-corrected chi connectivity index (χ1v) is 6.45. The number of aryl methyl sites for hydroxylation is 1. The lowest BCUT2D eigenvalue weighted by Gasteiger charge is -2.15. The SMILES string of the molecule is CN(CC(=O)c1cccn1C)Cc1ccsc1. The summed E-state index contributed by atoms with van der Waals surface area (Å²) in [6, 6.07) is 5.85. The van der Waals surface area contributed by atoms with Gasteiger partial charge in [0, 0.05) is 19.8 Å². The van der Waals surface area contributed by atoms with Crippen molar-refractivity contribution in [3.63, 3.8) is 0 Å². The number of likely N-dealkylation sites (N-methyl/N-ethyl adjacent to an activating group) is 1. The Labute approximate surface area is 105 Å². The van der Waals surface area contributed by atoms with Crippen LogP contribution >= 0.6 is 11.3 Å². The molecule has 0 aliphatic rings. The van der Waals surface area contributed by atoms with E-state index in [1.54, 1.807) is 11.3 Å². The molecule has 0 saturated heterocycles. The Balaban J connectivity index is 1.93. The third-order valence-electron chi connectivity index (χ3n) is 2.68. The second-order valence-electron chi connectivity index (χ2n) is 4.23. The average Bonchev–Trinajstić information content (AvgIpc) is 2.88. The molecule has 90 valence electrons. The van der Waals surface area contributed by atoms with Crippen LogP contribution in [0.15, 0.2) is 35.2 Å². The number of hydrogen-bond acceptors (Lipinski definition) is 3. The Morgan fingerprint density at radius 3 is 2.88 bits per heavy atom. The summed E-state index contributed by atoms with van der Waals surface area (Å²) in [5, 5.41) is 4.17. The van der Waals surface area contributed by atoms with Crippen LogP contribution < -0.4 is 0 Å². The first kappa shape index (κ1) is 12.1. The first-order chi connectivity index (χ1) is 8.16. The number of hydrogen-bond donors (Lipinski definition) is 0. The van der Waals surface area contributed by atoms with Crippen molar-refractivity contribution in [3.8, 4) is 0 Å². The van der Waals surface area contributed by atoms with E-state index in [0.717, 1.165) is 12.2 Å². The normalized spacial score (nSPS) is 11.0. The standard InChI is InChI=1S/C13H16N2OS/c1-14(8-11-5-7-17-10-11)9-13(16)12-4-3-6-15(12)2/h3-7,10H,8-9H2,1-2H3. The monoisotopic (exact) mass is 248 g/mol. The van der Waals surface area contributed by atoms with Crippen molar-refractivity contribution < 1.29 is 4.79 Å². The molecule has 2 aromatic heterocycles. The van der Waals surface area contributed by atoms with Gasteiger partial charge in [-0.3, -0.25) is 9.69 Å². The molecule has 2 aromatic rings. The van der Waals surface area contributed by atoms with Gasteiger partial charge in [-0.2, -0.15) is 11.3 Å². The summed E-state index contributed by atoms with van der Waals surface area (Å²) in [7, 11) is 3.87. The minimum Gasteiger partial charge on any atom is -0.348 e. The molecule has 2 heterocycles. The molecule has 0 atom stereocenters. The van der Waals surface area contributed by atoms with E-state index in [0.29, 0.717) is 6.54 Å². The lowest BCUT2D eigenvalue weighted by atomic mass is 10.2. The number of rotatable bonds is 5. The van der Waals surface area contributed by atoms with Crippen LogP contribution in [-0.2, 0) is 13.6 Å². The van der Waals surface area contributed by atoms with Crippen molar-refractivity contribution >= 4 is 17.1 Å². The van der Waals surface area contributed by atoms with E-state index in [2.05, 4.69) is 16.8 Å². The maximum absolute atomic E-state index is 12.0. The van der Waals surface area contributed by atoms with Gasteiger partial charge in [-0.05, 0) is 41.6 Å². The third-order valence-corrected chi connectivity index (χ3v) is 3.41. The van der Waals surface area contributed by atoms with Crippen molar-refractivity contribution in [3.05, 3.63) is 46.4 Å². The number of carbonyl (C=O) groups is 1. The fourth-order valence-electron chi connectivity index (χ4n) is 1.83. The van der Waals surface area contributed by atoms with Gasteiger partial charge in [-0.1, -0.05) is 0 Å². The van der Waals surface area contributed by atoms with E-state index in [-0.39, 0.29) is 5.78 Å². The molecule has 2 rings (SSSR count). The number of ketones is 1. The van der Waals surface area contributed by atoms with Crippen LogP contribution in [0, 0.1) is 0 Å². The summed E-state index contributed by atoms with van der Waals surface area (Å²) >= 11 is 1.68. The fraction of sp³-hybridized carbons (Fsp3) is 0.308. The molecule has 17 heavy (non-hydrogen) atoms. The summed E-state index contributed by atoms with van der Waals surface area (Å²) in [6.45, 7) is 1.27. The molecule has 0 amide bonds. The molecule has 0 unspecified atom stereocenters. The van der Waals surface area contributed by atoms with Gasteiger partial charge in [0.25, 0.3) is 0 Å². The highest BCUT2D eigenvalue weighted by molar-refractivity contribution is 7.07. The van der Waals surface area contributed by atoms with Crippen LogP contribution in [0.1, 0.15) is 16.1 Å². The first-order valence-electron chi connectivity index (χ1n) is 5.51. The molecule has 0 aliphatic carbocycles. The third kappa shape index (κ3) is 3.05. The van der Waals surface area contributed by atoms with E-state index in [1.807, 2.05) is 41.9 Å². The minimum atomic E-state index is 0.162. The maximum atomic E-state index is 12.0. The second kappa shape index (κ2) is 5.29. The molecular formula is C13H16N2OS. The van der Waals surface area contributed by atoms with Crippen molar-refractivity contribution in [1.82, 2.24) is 9.47 Å². The van der Waals surface area contributed by atoms with Gasteiger partial charge in [0.15, 0.2) is 5.78 Å². The molecule has 0 aliphatic heterocycles. The highest BCUT2D eigenvalue weighted by Gasteiger charge is 2.12. The summed E-state index contributed by atoms with van der Waals surface area (Å²) in [6.07, 6.45) is 1.89. The van der Waals surface area contributed by atoms with Crippen molar-refractivity contribution in [1.29, 1.82) is 0 Å².